The van der Waals surface area contributed by atoms with E-state index in [-0.39, 0.29) is 6.15 Å². The first kappa shape index (κ1) is 18.4. The molecular formula is C16H31NSi2. The molecule has 0 amide bonds. The summed E-state index contributed by atoms with van der Waals surface area (Å²) in [5.74, 6) is 0. The summed E-state index contributed by atoms with van der Waals surface area (Å²) in [7, 11) is -2.58. The molecule has 3 heteroatoms. The lowest BCUT2D eigenvalue weighted by molar-refractivity contribution is 1.15. The van der Waals surface area contributed by atoms with Crippen molar-refractivity contribution in [2.24, 2.45) is 0 Å². The normalized spacial score (nSPS) is 11.9. The molecule has 0 bridgehead atoms. The predicted octanol–water partition coefficient (Wildman–Crippen LogP) is 4.14. The Morgan fingerprint density at radius 1 is 1.00 bits per heavy atom. The highest BCUT2D eigenvalue weighted by molar-refractivity contribution is 6.98. The van der Waals surface area contributed by atoms with Crippen molar-refractivity contribution in [1.82, 2.24) is 6.15 Å². The Bertz CT molecular complexity index is 451. The molecule has 0 aliphatic heterocycles. The molecule has 108 valence electrons. The summed E-state index contributed by atoms with van der Waals surface area (Å²) in [5, 5.41) is 3.38. The third-order valence-corrected chi connectivity index (χ3v) is 7.83. The van der Waals surface area contributed by atoms with Gasteiger partial charge in [-0.05, 0) is 17.5 Å². The zero-order chi connectivity index (χ0) is 14.1. The molecule has 0 atom stereocenters. The topological polar surface area (TPSA) is 35.0 Å². The van der Waals surface area contributed by atoms with Crippen molar-refractivity contribution in [3.05, 3.63) is 29.8 Å². The van der Waals surface area contributed by atoms with E-state index in [9.17, 15) is 0 Å². The number of hydrogen-bond acceptors (Lipinski definition) is 1. The summed E-state index contributed by atoms with van der Waals surface area (Å²) in [4.78, 5) is 0. The van der Waals surface area contributed by atoms with Crippen LogP contribution in [0.15, 0.2) is 18.7 Å². The van der Waals surface area contributed by atoms with Crippen LogP contribution in [0.5, 0.6) is 0 Å². The second-order valence-corrected chi connectivity index (χ2v) is 17.2. The molecule has 19 heavy (non-hydrogen) atoms. The van der Waals surface area contributed by atoms with Gasteiger partial charge in [0.15, 0.2) is 0 Å². The highest BCUT2D eigenvalue weighted by Crippen LogP contribution is 2.16. The first-order chi connectivity index (χ1) is 8.12. The zero-order valence-corrected chi connectivity index (χ0v) is 15.9. The van der Waals surface area contributed by atoms with Crippen molar-refractivity contribution in [1.29, 1.82) is 0 Å². The lowest BCUT2D eigenvalue weighted by Gasteiger charge is -2.31. The molecule has 0 aliphatic carbocycles. The Hall–Kier alpha value is -0.646. The van der Waals surface area contributed by atoms with Crippen LogP contribution in [0.3, 0.4) is 0 Å². The summed E-state index contributed by atoms with van der Waals surface area (Å²) in [6, 6.07) is 4.67. The van der Waals surface area contributed by atoms with Crippen LogP contribution in [0.4, 0.5) is 0 Å². The smallest absolute Gasteiger partial charge is 0.0778 e. The lowest BCUT2D eigenvalue weighted by atomic mass is 10.1. The fourth-order valence-electron chi connectivity index (χ4n) is 2.72. The van der Waals surface area contributed by atoms with Gasteiger partial charge in [-0.25, -0.2) is 0 Å². The minimum atomic E-state index is -1.31. The summed E-state index contributed by atoms with van der Waals surface area (Å²) < 4.78 is 0. The third-order valence-electron chi connectivity index (χ3n) is 3.48. The van der Waals surface area contributed by atoms with E-state index in [0.29, 0.717) is 0 Å². The van der Waals surface area contributed by atoms with Crippen LogP contribution >= 0.6 is 0 Å². The molecular weight excluding hydrogens is 262 g/mol. The minimum Gasteiger partial charge on any atom is -0.344 e. The van der Waals surface area contributed by atoms with E-state index in [0.717, 1.165) is 6.42 Å². The molecule has 0 unspecified atom stereocenters. The van der Waals surface area contributed by atoms with E-state index < -0.39 is 16.1 Å². The van der Waals surface area contributed by atoms with Crippen LogP contribution in [0.25, 0.3) is 6.08 Å². The number of rotatable bonds is 4. The monoisotopic (exact) mass is 293 g/mol. The Morgan fingerprint density at radius 3 is 1.84 bits per heavy atom. The molecule has 1 aromatic rings. The second-order valence-electron chi connectivity index (χ2n) is 7.11. The Kier molecular flexibility index (Phi) is 5.99. The summed E-state index contributed by atoms with van der Waals surface area (Å²) >= 11 is 0. The maximum absolute atomic E-state index is 3.98. The maximum Gasteiger partial charge on any atom is 0.0778 e. The quantitative estimate of drug-likeness (QED) is 0.832. The molecule has 0 spiro atoms. The van der Waals surface area contributed by atoms with Crippen LogP contribution in [0.2, 0.25) is 39.3 Å². The van der Waals surface area contributed by atoms with Gasteiger partial charge in [-0.1, -0.05) is 81.4 Å². The van der Waals surface area contributed by atoms with E-state index in [4.69, 9.17) is 0 Å². The van der Waals surface area contributed by atoms with Crippen molar-refractivity contribution in [2.75, 3.05) is 0 Å². The lowest BCUT2D eigenvalue weighted by Crippen LogP contribution is -2.57. The van der Waals surface area contributed by atoms with Crippen LogP contribution in [0, 0.1) is 0 Å². The molecule has 0 aliphatic rings. The Labute approximate surface area is 121 Å². The largest absolute Gasteiger partial charge is 0.344 e. The van der Waals surface area contributed by atoms with Crippen molar-refractivity contribution < 1.29 is 0 Å². The standard InChI is InChI=1S/C16H28Si2.H3N/c1-9-13-11-12-15(17(3,4)5)16(14(13)10-2)18(6,7)8;/h9,11-12H,1,10H2,2-8H3;1H3. The zero-order valence-electron chi connectivity index (χ0n) is 13.9. The SMILES string of the molecule is C=Cc1ccc([Si](C)(C)C)c([Si](C)(C)C)c1CC.N. The van der Waals surface area contributed by atoms with Gasteiger partial charge in [-0.3, -0.25) is 0 Å². The predicted molar refractivity (Wildman–Crippen MR) is 96.9 cm³/mol. The second kappa shape index (κ2) is 6.20. The van der Waals surface area contributed by atoms with Gasteiger partial charge < -0.3 is 6.15 Å². The van der Waals surface area contributed by atoms with Crippen LogP contribution in [-0.2, 0) is 6.42 Å². The molecule has 0 saturated carbocycles. The van der Waals surface area contributed by atoms with Crippen LogP contribution < -0.4 is 16.5 Å². The van der Waals surface area contributed by atoms with Gasteiger partial charge in [0.05, 0.1) is 16.1 Å². The Morgan fingerprint density at radius 2 is 1.53 bits per heavy atom. The van der Waals surface area contributed by atoms with Gasteiger partial charge in [0.25, 0.3) is 0 Å². The van der Waals surface area contributed by atoms with Crippen molar-refractivity contribution in [3.8, 4) is 0 Å². The van der Waals surface area contributed by atoms with Gasteiger partial charge in [-0.15, -0.1) is 0 Å². The van der Waals surface area contributed by atoms with E-state index in [1.54, 1.807) is 15.9 Å². The van der Waals surface area contributed by atoms with E-state index >= 15 is 0 Å². The van der Waals surface area contributed by atoms with E-state index in [2.05, 4.69) is 64.9 Å². The molecule has 0 heterocycles. The maximum atomic E-state index is 3.98. The average molecular weight is 294 g/mol. The molecule has 1 rings (SSSR count). The number of hydrogen-bond donors (Lipinski definition) is 1. The van der Waals surface area contributed by atoms with Crippen LogP contribution in [-0.4, -0.2) is 16.1 Å². The molecule has 0 saturated heterocycles. The van der Waals surface area contributed by atoms with Gasteiger partial charge in [0.1, 0.15) is 0 Å². The molecule has 1 nitrogen and oxygen atoms in total. The fraction of sp³-hybridized carbons (Fsp3) is 0.500. The van der Waals surface area contributed by atoms with Gasteiger partial charge in [0, 0.05) is 0 Å². The minimum absolute atomic E-state index is 0. The van der Waals surface area contributed by atoms with Crippen molar-refractivity contribution >= 4 is 32.6 Å². The highest BCUT2D eigenvalue weighted by Gasteiger charge is 2.30. The highest BCUT2D eigenvalue weighted by atomic mass is 28.3. The van der Waals surface area contributed by atoms with E-state index in [1.165, 1.54) is 5.56 Å². The number of benzene rings is 1. The molecule has 1 aromatic carbocycles. The van der Waals surface area contributed by atoms with E-state index in [1.807, 2.05) is 6.08 Å². The molecule has 0 radical (unpaired) electrons. The van der Waals surface area contributed by atoms with Gasteiger partial charge >= 0.3 is 0 Å². The fourth-order valence-corrected chi connectivity index (χ4v) is 8.57. The average Bonchev–Trinajstić information content (AvgIpc) is 2.24. The van der Waals surface area contributed by atoms with Crippen molar-refractivity contribution in [2.45, 2.75) is 52.6 Å². The molecule has 0 aromatic heterocycles. The summed E-state index contributed by atoms with van der Waals surface area (Å²) in [6.07, 6.45) is 3.15. The van der Waals surface area contributed by atoms with Crippen LogP contribution in [0.1, 0.15) is 18.1 Å². The summed E-state index contributed by atoms with van der Waals surface area (Å²) in [6.45, 7) is 21.0. The molecule has 3 N–H and O–H groups in total. The first-order valence-corrected chi connectivity index (χ1v) is 13.9. The molecule has 0 fully saturated rings. The summed E-state index contributed by atoms with van der Waals surface area (Å²) in [5.41, 5.74) is 2.90. The van der Waals surface area contributed by atoms with Gasteiger partial charge in [-0.2, -0.15) is 0 Å². The Balaban J connectivity index is 0.00000324. The van der Waals surface area contributed by atoms with Gasteiger partial charge in [0.2, 0.25) is 0 Å². The first-order valence-electron chi connectivity index (χ1n) is 6.92. The third kappa shape index (κ3) is 3.91. The van der Waals surface area contributed by atoms with Crippen molar-refractivity contribution in [3.63, 3.8) is 0 Å².